The van der Waals surface area contributed by atoms with Crippen LogP contribution in [0.25, 0.3) is 0 Å². The Morgan fingerprint density at radius 3 is 2.50 bits per heavy atom. The minimum Gasteiger partial charge on any atom is -0.317 e. The highest BCUT2D eigenvalue weighted by atomic mass is 32.2. The molecule has 1 N–H and O–H groups in total. The molecule has 2 aliphatic rings. The molecule has 2 saturated heterocycles. The third-order valence-corrected chi connectivity index (χ3v) is 5.82. The Balaban J connectivity index is 1.75. The second-order valence-corrected chi connectivity index (χ2v) is 7.00. The summed E-state index contributed by atoms with van der Waals surface area (Å²) in [5.41, 5.74) is 0. The maximum absolute atomic E-state index is 3.47. The van der Waals surface area contributed by atoms with Crippen LogP contribution in [0, 0.1) is 5.92 Å². The molecule has 3 unspecified atom stereocenters. The number of rotatable bonds is 4. The zero-order valence-corrected chi connectivity index (χ0v) is 13.0. The SMILES string of the molecule is CNC1CCN(CCN2CCSCC2)C(C)C1C. The molecule has 2 rings (SSSR count). The van der Waals surface area contributed by atoms with Crippen molar-refractivity contribution in [1.29, 1.82) is 0 Å². The largest absolute Gasteiger partial charge is 0.317 e. The molecular formula is C14H29N3S. The summed E-state index contributed by atoms with van der Waals surface area (Å²) in [6.45, 7) is 11.2. The topological polar surface area (TPSA) is 18.5 Å². The zero-order chi connectivity index (χ0) is 13.0. The molecule has 3 nitrogen and oxygen atoms in total. The lowest BCUT2D eigenvalue weighted by molar-refractivity contribution is 0.0774. The lowest BCUT2D eigenvalue weighted by Crippen LogP contribution is -2.54. The highest BCUT2D eigenvalue weighted by molar-refractivity contribution is 7.99. The molecule has 0 aromatic rings. The van der Waals surface area contributed by atoms with E-state index in [2.05, 4.69) is 47.8 Å². The van der Waals surface area contributed by atoms with Gasteiger partial charge in [0, 0.05) is 49.8 Å². The highest BCUT2D eigenvalue weighted by Gasteiger charge is 2.31. The van der Waals surface area contributed by atoms with Gasteiger partial charge < -0.3 is 10.2 Å². The summed E-state index contributed by atoms with van der Waals surface area (Å²) < 4.78 is 0. The molecule has 2 fully saturated rings. The fourth-order valence-corrected chi connectivity index (χ4v) is 4.24. The fourth-order valence-electron chi connectivity index (χ4n) is 3.26. The van der Waals surface area contributed by atoms with Crippen molar-refractivity contribution in [2.75, 3.05) is 51.3 Å². The highest BCUT2D eigenvalue weighted by Crippen LogP contribution is 2.23. The molecule has 0 spiro atoms. The van der Waals surface area contributed by atoms with E-state index in [-0.39, 0.29) is 0 Å². The van der Waals surface area contributed by atoms with Crippen LogP contribution in [0.5, 0.6) is 0 Å². The molecule has 2 heterocycles. The summed E-state index contributed by atoms with van der Waals surface area (Å²) in [5.74, 6) is 3.42. The van der Waals surface area contributed by atoms with Gasteiger partial charge in [0.25, 0.3) is 0 Å². The quantitative estimate of drug-likeness (QED) is 0.832. The molecule has 0 aromatic carbocycles. The first-order valence-corrected chi connectivity index (χ1v) is 8.59. The van der Waals surface area contributed by atoms with E-state index in [0.29, 0.717) is 6.04 Å². The lowest BCUT2D eigenvalue weighted by Gasteiger charge is -2.43. The van der Waals surface area contributed by atoms with Gasteiger partial charge in [0.1, 0.15) is 0 Å². The lowest BCUT2D eigenvalue weighted by atomic mass is 9.87. The molecule has 0 amide bonds. The Morgan fingerprint density at radius 1 is 1.11 bits per heavy atom. The summed E-state index contributed by atoms with van der Waals surface area (Å²) in [6, 6.07) is 1.43. The molecule has 106 valence electrons. The molecule has 4 heteroatoms. The summed E-state index contributed by atoms with van der Waals surface area (Å²) >= 11 is 2.10. The summed E-state index contributed by atoms with van der Waals surface area (Å²) in [7, 11) is 2.11. The van der Waals surface area contributed by atoms with Crippen molar-refractivity contribution in [3.63, 3.8) is 0 Å². The van der Waals surface area contributed by atoms with Crippen LogP contribution >= 0.6 is 11.8 Å². The number of hydrogen-bond acceptors (Lipinski definition) is 4. The van der Waals surface area contributed by atoms with Crippen molar-refractivity contribution in [2.45, 2.75) is 32.4 Å². The van der Waals surface area contributed by atoms with Crippen LogP contribution in [-0.2, 0) is 0 Å². The van der Waals surface area contributed by atoms with Crippen molar-refractivity contribution in [1.82, 2.24) is 15.1 Å². The number of hydrogen-bond donors (Lipinski definition) is 1. The minimum atomic E-state index is 0.711. The van der Waals surface area contributed by atoms with Crippen LogP contribution in [-0.4, -0.2) is 73.2 Å². The average Bonchev–Trinajstić information content (AvgIpc) is 2.42. The predicted octanol–water partition coefficient (Wildman–Crippen LogP) is 1.35. The van der Waals surface area contributed by atoms with E-state index in [1.165, 1.54) is 50.7 Å². The molecular weight excluding hydrogens is 242 g/mol. The molecule has 3 atom stereocenters. The van der Waals surface area contributed by atoms with E-state index in [1.807, 2.05) is 0 Å². The van der Waals surface area contributed by atoms with Gasteiger partial charge in [-0.05, 0) is 32.9 Å². The van der Waals surface area contributed by atoms with E-state index in [9.17, 15) is 0 Å². The van der Waals surface area contributed by atoms with Gasteiger partial charge in [-0.3, -0.25) is 4.90 Å². The Labute approximate surface area is 117 Å². The number of likely N-dealkylation sites (tertiary alicyclic amines) is 1. The first-order valence-electron chi connectivity index (χ1n) is 7.43. The smallest absolute Gasteiger partial charge is 0.0117 e. The first kappa shape index (κ1) is 14.6. The summed E-state index contributed by atoms with van der Waals surface area (Å²) in [5, 5.41) is 3.47. The van der Waals surface area contributed by atoms with Gasteiger partial charge in [-0.25, -0.2) is 0 Å². The Bertz CT molecular complexity index is 243. The van der Waals surface area contributed by atoms with Crippen LogP contribution in [0.1, 0.15) is 20.3 Å². The second kappa shape index (κ2) is 7.13. The van der Waals surface area contributed by atoms with Gasteiger partial charge in [0.15, 0.2) is 0 Å². The van der Waals surface area contributed by atoms with Crippen molar-refractivity contribution >= 4 is 11.8 Å². The molecule has 0 radical (unpaired) electrons. The van der Waals surface area contributed by atoms with Crippen molar-refractivity contribution in [3.05, 3.63) is 0 Å². The average molecular weight is 271 g/mol. The molecule has 2 aliphatic heterocycles. The number of piperidine rings is 1. The van der Waals surface area contributed by atoms with Gasteiger partial charge in [0.2, 0.25) is 0 Å². The van der Waals surface area contributed by atoms with Crippen LogP contribution < -0.4 is 5.32 Å². The van der Waals surface area contributed by atoms with E-state index < -0.39 is 0 Å². The molecule has 0 aliphatic carbocycles. The Morgan fingerprint density at radius 2 is 1.83 bits per heavy atom. The zero-order valence-electron chi connectivity index (χ0n) is 12.2. The van der Waals surface area contributed by atoms with Crippen molar-refractivity contribution in [3.8, 4) is 0 Å². The monoisotopic (exact) mass is 271 g/mol. The van der Waals surface area contributed by atoms with Crippen molar-refractivity contribution in [2.24, 2.45) is 5.92 Å². The summed E-state index contributed by atoms with van der Waals surface area (Å²) in [4.78, 5) is 5.33. The van der Waals surface area contributed by atoms with Gasteiger partial charge in [-0.2, -0.15) is 11.8 Å². The van der Waals surface area contributed by atoms with Crippen LogP contribution in [0.3, 0.4) is 0 Å². The standard InChI is InChI=1S/C14H29N3S/c1-12-13(2)17(5-4-14(12)15-3)7-6-16-8-10-18-11-9-16/h12-15H,4-11H2,1-3H3. The van der Waals surface area contributed by atoms with Gasteiger partial charge in [-0.15, -0.1) is 0 Å². The summed E-state index contributed by atoms with van der Waals surface area (Å²) in [6.07, 6.45) is 1.30. The van der Waals surface area contributed by atoms with E-state index in [0.717, 1.165) is 12.0 Å². The minimum absolute atomic E-state index is 0.711. The van der Waals surface area contributed by atoms with Gasteiger partial charge >= 0.3 is 0 Å². The maximum atomic E-state index is 3.47. The third kappa shape index (κ3) is 3.62. The predicted molar refractivity (Wildman–Crippen MR) is 81.4 cm³/mol. The second-order valence-electron chi connectivity index (χ2n) is 5.77. The third-order valence-electron chi connectivity index (χ3n) is 4.88. The molecule has 18 heavy (non-hydrogen) atoms. The van der Waals surface area contributed by atoms with Crippen molar-refractivity contribution < 1.29 is 0 Å². The number of nitrogens with one attached hydrogen (secondary N) is 1. The van der Waals surface area contributed by atoms with Crippen LogP contribution in [0.4, 0.5) is 0 Å². The van der Waals surface area contributed by atoms with E-state index in [1.54, 1.807) is 0 Å². The van der Waals surface area contributed by atoms with Crippen LogP contribution in [0.2, 0.25) is 0 Å². The molecule has 0 bridgehead atoms. The number of thioether (sulfide) groups is 1. The fraction of sp³-hybridized carbons (Fsp3) is 1.00. The van der Waals surface area contributed by atoms with E-state index >= 15 is 0 Å². The van der Waals surface area contributed by atoms with Crippen LogP contribution in [0.15, 0.2) is 0 Å². The maximum Gasteiger partial charge on any atom is 0.0117 e. The Hall–Kier alpha value is 0.230. The van der Waals surface area contributed by atoms with E-state index in [4.69, 9.17) is 0 Å². The van der Waals surface area contributed by atoms with Gasteiger partial charge in [0.05, 0.1) is 0 Å². The van der Waals surface area contributed by atoms with Gasteiger partial charge in [-0.1, -0.05) is 6.92 Å². The molecule has 0 saturated carbocycles. The molecule has 0 aromatic heterocycles. The number of nitrogens with zero attached hydrogens (tertiary/aromatic N) is 2. The first-order chi connectivity index (χ1) is 8.72. The normalized spacial score (nSPS) is 35.8. The Kier molecular flexibility index (Phi) is 5.80.